The summed E-state index contributed by atoms with van der Waals surface area (Å²) in [5.41, 5.74) is 1.77. The quantitative estimate of drug-likeness (QED) is 0.880. The predicted octanol–water partition coefficient (Wildman–Crippen LogP) is 3.25. The zero-order chi connectivity index (χ0) is 15.3. The van der Waals surface area contributed by atoms with Gasteiger partial charge in [-0.15, -0.1) is 0 Å². The number of nitrogens with zero attached hydrogens (tertiary/aromatic N) is 1. The van der Waals surface area contributed by atoms with Gasteiger partial charge in [-0.2, -0.15) is 5.26 Å². The van der Waals surface area contributed by atoms with Crippen molar-refractivity contribution in [3.63, 3.8) is 0 Å². The molecule has 0 saturated carbocycles. The van der Waals surface area contributed by atoms with E-state index >= 15 is 0 Å². The molecule has 0 atom stereocenters. The average Bonchev–Trinajstić information content (AvgIpc) is 2.48. The first-order chi connectivity index (χ1) is 10.0. The van der Waals surface area contributed by atoms with E-state index in [1.165, 1.54) is 18.3 Å². The molecule has 0 fully saturated rings. The summed E-state index contributed by atoms with van der Waals surface area (Å²) in [6, 6.07) is 17.1. The van der Waals surface area contributed by atoms with Gasteiger partial charge in [0, 0.05) is 11.9 Å². The number of nitrogens with one attached hydrogen (secondary N) is 1. The molecule has 0 aromatic heterocycles. The molecule has 0 spiro atoms. The maximum absolute atomic E-state index is 12.3. The van der Waals surface area contributed by atoms with Crippen molar-refractivity contribution in [3.8, 4) is 6.07 Å². The van der Waals surface area contributed by atoms with E-state index in [2.05, 4.69) is 5.32 Å². The van der Waals surface area contributed by atoms with Gasteiger partial charge in [-0.25, -0.2) is 8.42 Å². The second kappa shape index (κ2) is 6.25. The van der Waals surface area contributed by atoms with Crippen LogP contribution >= 0.6 is 0 Å². The summed E-state index contributed by atoms with van der Waals surface area (Å²) in [6.07, 6.45) is 1.22. The van der Waals surface area contributed by atoms with E-state index in [9.17, 15) is 8.42 Å². The van der Waals surface area contributed by atoms with E-state index in [1.807, 2.05) is 25.1 Å². The van der Waals surface area contributed by atoms with Crippen molar-refractivity contribution in [1.82, 2.24) is 0 Å². The van der Waals surface area contributed by atoms with Crippen LogP contribution in [0.3, 0.4) is 0 Å². The van der Waals surface area contributed by atoms with Crippen molar-refractivity contribution < 1.29 is 8.42 Å². The zero-order valence-corrected chi connectivity index (χ0v) is 12.3. The third kappa shape index (κ3) is 3.50. The van der Waals surface area contributed by atoms with Gasteiger partial charge in [0.15, 0.2) is 4.91 Å². The fourth-order valence-corrected chi connectivity index (χ4v) is 2.88. The fraction of sp³-hybridized carbons (Fsp3) is 0.0625. The van der Waals surface area contributed by atoms with Crippen molar-refractivity contribution in [1.29, 1.82) is 5.26 Å². The normalized spacial score (nSPS) is 11.7. The SMILES string of the molecule is Cc1cccc(NC=C(C#N)S(=O)(=O)c2ccccc2)c1. The van der Waals surface area contributed by atoms with Gasteiger partial charge in [0.25, 0.3) is 0 Å². The summed E-state index contributed by atoms with van der Waals surface area (Å²) >= 11 is 0. The van der Waals surface area contributed by atoms with Crippen molar-refractivity contribution in [2.45, 2.75) is 11.8 Å². The Morgan fingerprint density at radius 2 is 1.86 bits per heavy atom. The summed E-state index contributed by atoms with van der Waals surface area (Å²) in [7, 11) is -3.79. The van der Waals surface area contributed by atoms with Gasteiger partial charge < -0.3 is 5.32 Å². The topological polar surface area (TPSA) is 70.0 Å². The van der Waals surface area contributed by atoms with Crippen LogP contribution in [0.25, 0.3) is 0 Å². The Morgan fingerprint density at radius 1 is 1.14 bits per heavy atom. The highest BCUT2D eigenvalue weighted by Gasteiger charge is 2.20. The minimum Gasteiger partial charge on any atom is -0.360 e. The Labute approximate surface area is 124 Å². The minimum absolute atomic E-state index is 0.101. The first-order valence-electron chi connectivity index (χ1n) is 6.27. The number of sulfone groups is 1. The van der Waals surface area contributed by atoms with Gasteiger partial charge in [-0.1, -0.05) is 30.3 Å². The summed E-state index contributed by atoms with van der Waals surface area (Å²) in [5.74, 6) is 0. The van der Waals surface area contributed by atoms with Gasteiger partial charge in [-0.3, -0.25) is 0 Å². The molecule has 2 aromatic rings. The van der Waals surface area contributed by atoms with Crippen LogP contribution in [0.15, 0.2) is 70.6 Å². The molecule has 0 aliphatic rings. The Morgan fingerprint density at radius 3 is 2.48 bits per heavy atom. The van der Waals surface area contributed by atoms with Gasteiger partial charge in [-0.05, 0) is 36.8 Å². The van der Waals surface area contributed by atoms with Crippen LogP contribution in [0.1, 0.15) is 5.56 Å². The maximum atomic E-state index is 12.3. The van der Waals surface area contributed by atoms with Crippen LogP contribution in [0, 0.1) is 18.3 Å². The lowest BCUT2D eigenvalue weighted by Gasteiger charge is -2.05. The highest BCUT2D eigenvalue weighted by molar-refractivity contribution is 7.95. The minimum atomic E-state index is -3.79. The summed E-state index contributed by atoms with van der Waals surface area (Å²) < 4.78 is 24.6. The highest BCUT2D eigenvalue weighted by atomic mass is 32.2. The molecule has 5 heteroatoms. The average molecular weight is 298 g/mol. The molecule has 106 valence electrons. The van der Waals surface area contributed by atoms with Crippen LogP contribution in [0.5, 0.6) is 0 Å². The first kappa shape index (κ1) is 14.8. The third-order valence-corrected chi connectivity index (χ3v) is 4.52. The number of benzene rings is 2. The van der Waals surface area contributed by atoms with E-state index in [1.54, 1.807) is 30.3 Å². The van der Waals surface area contributed by atoms with Crippen molar-refractivity contribution in [3.05, 3.63) is 71.3 Å². The standard InChI is InChI=1S/C16H14N2O2S/c1-13-6-5-7-14(10-13)18-12-16(11-17)21(19,20)15-8-3-2-4-9-15/h2-10,12,18H,1H3. The first-order valence-corrected chi connectivity index (χ1v) is 7.76. The van der Waals surface area contributed by atoms with Gasteiger partial charge in [0.1, 0.15) is 6.07 Å². The Balaban J connectivity index is 2.32. The second-order valence-electron chi connectivity index (χ2n) is 4.45. The Bertz CT molecular complexity index is 804. The van der Waals surface area contributed by atoms with E-state index in [-0.39, 0.29) is 9.80 Å². The molecule has 0 amide bonds. The van der Waals surface area contributed by atoms with Gasteiger partial charge in [0.05, 0.1) is 4.90 Å². The molecule has 0 saturated heterocycles. The summed E-state index contributed by atoms with van der Waals surface area (Å²) in [4.78, 5) is -0.223. The molecule has 0 heterocycles. The molecule has 0 aliphatic heterocycles. The van der Waals surface area contributed by atoms with Crippen LogP contribution < -0.4 is 5.32 Å². The fourth-order valence-electron chi connectivity index (χ4n) is 1.78. The highest BCUT2D eigenvalue weighted by Crippen LogP contribution is 2.19. The smallest absolute Gasteiger partial charge is 0.218 e. The molecule has 21 heavy (non-hydrogen) atoms. The van der Waals surface area contributed by atoms with Gasteiger partial charge in [0.2, 0.25) is 9.84 Å². The zero-order valence-electron chi connectivity index (χ0n) is 11.4. The maximum Gasteiger partial charge on any atom is 0.218 e. The summed E-state index contributed by atoms with van der Waals surface area (Å²) in [5, 5.41) is 12.0. The molecular formula is C16H14N2O2S. The van der Waals surface area contributed by atoms with Gasteiger partial charge >= 0.3 is 0 Å². The van der Waals surface area contributed by atoms with E-state index in [0.717, 1.165) is 11.3 Å². The molecule has 2 aromatic carbocycles. The monoisotopic (exact) mass is 298 g/mol. The van der Waals surface area contributed by atoms with Crippen molar-refractivity contribution >= 4 is 15.5 Å². The van der Waals surface area contributed by atoms with Crippen molar-refractivity contribution in [2.24, 2.45) is 0 Å². The van der Waals surface area contributed by atoms with Crippen LogP contribution in [-0.2, 0) is 9.84 Å². The number of aryl methyl sites for hydroxylation is 1. The molecule has 0 unspecified atom stereocenters. The number of hydrogen-bond acceptors (Lipinski definition) is 4. The van der Waals surface area contributed by atoms with Crippen LogP contribution in [0.2, 0.25) is 0 Å². The lowest BCUT2D eigenvalue weighted by Crippen LogP contribution is -2.05. The lowest BCUT2D eigenvalue weighted by atomic mass is 10.2. The molecule has 4 nitrogen and oxygen atoms in total. The largest absolute Gasteiger partial charge is 0.360 e. The molecular weight excluding hydrogens is 284 g/mol. The number of nitriles is 1. The number of allylic oxidation sites excluding steroid dienone is 1. The molecule has 0 aliphatic carbocycles. The van der Waals surface area contributed by atoms with E-state index in [4.69, 9.17) is 5.26 Å². The molecule has 0 bridgehead atoms. The predicted molar refractivity (Wildman–Crippen MR) is 82.1 cm³/mol. The number of rotatable bonds is 4. The Hall–Kier alpha value is -2.58. The van der Waals surface area contributed by atoms with E-state index < -0.39 is 9.84 Å². The molecule has 2 rings (SSSR count). The van der Waals surface area contributed by atoms with Crippen LogP contribution in [0.4, 0.5) is 5.69 Å². The number of hydrogen-bond donors (Lipinski definition) is 1. The number of anilines is 1. The third-order valence-electron chi connectivity index (χ3n) is 2.84. The Kier molecular flexibility index (Phi) is 4.41. The van der Waals surface area contributed by atoms with Crippen molar-refractivity contribution in [2.75, 3.05) is 5.32 Å². The molecule has 0 radical (unpaired) electrons. The summed E-state index contributed by atoms with van der Waals surface area (Å²) in [6.45, 7) is 1.93. The lowest BCUT2D eigenvalue weighted by molar-refractivity contribution is 0.603. The van der Waals surface area contributed by atoms with Crippen LogP contribution in [-0.4, -0.2) is 8.42 Å². The molecule has 1 N–H and O–H groups in total. The van der Waals surface area contributed by atoms with E-state index in [0.29, 0.717) is 0 Å². The second-order valence-corrected chi connectivity index (χ2v) is 6.37.